The van der Waals surface area contributed by atoms with Gasteiger partial charge in [-0.15, -0.1) is 23.1 Å². The Morgan fingerprint density at radius 2 is 2.00 bits per heavy atom. The van der Waals surface area contributed by atoms with Crippen molar-refractivity contribution in [2.24, 2.45) is 11.5 Å². The summed E-state index contributed by atoms with van der Waals surface area (Å²) in [6.45, 7) is 0. The maximum absolute atomic E-state index is 12.2. The number of primary amides is 1. The van der Waals surface area contributed by atoms with Crippen molar-refractivity contribution in [3.8, 4) is 0 Å². The molecule has 2 rings (SSSR count). The molecule has 2 amide bonds. The van der Waals surface area contributed by atoms with Crippen LogP contribution in [0.2, 0.25) is 0 Å². The van der Waals surface area contributed by atoms with Crippen LogP contribution in [-0.2, 0) is 9.59 Å². The molecule has 0 saturated heterocycles. The van der Waals surface area contributed by atoms with Crippen LogP contribution in [-0.4, -0.2) is 17.6 Å². The third-order valence-corrected chi connectivity index (χ3v) is 4.70. The first-order valence-electron chi connectivity index (χ1n) is 6.18. The number of benzene rings is 1. The van der Waals surface area contributed by atoms with E-state index in [9.17, 15) is 9.59 Å². The van der Waals surface area contributed by atoms with Crippen LogP contribution in [0, 0.1) is 0 Å². The number of anilines is 1. The number of rotatable bonds is 6. The minimum Gasteiger partial charge on any atom is -0.369 e. The van der Waals surface area contributed by atoms with E-state index in [0.29, 0.717) is 5.69 Å². The van der Waals surface area contributed by atoms with Gasteiger partial charge in [0.15, 0.2) is 0 Å². The van der Waals surface area contributed by atoms with Crippen molar-refractivity contribution < 1.29 is 9.59 Å². The highest BCUT2D eigenvalue weighted by Crippen LogP contribution is 2.27. The van der Waals surface area contributed by atoms with Crippen molar-refractivity contribution in [2.75, 3.05) is 11.1 Å². The number of hydrogen-bond acceptors (Lipinski definition) is 5. The lowest BCUT2D eigenvalue weighted by atomic mass is 10.2. The van der Waals surface area contributed by atoms with Crippen LogP contribution in [0.15, 0.2) is 46.7 Å². The van der Waals surface area contributed by atoms with Gasteiger partial charge in [-0.1, -0.05) is 18.2 Å². The number of thioether (sulfide) groups is 1. The first kappa shape index (κ1) is 15.6. The highest BCUT2D eigenvalue weighted by molar-refractivity contribution is 8.00. The number of hydrogen-bond donors (Lipinski definition) is 3. The van der Waals surface area contributed by atoms with E-state index in [1.807, 2.05) is 29.6 Å². The molecule has 1 aromatic carbocycles. The summed E-state index contributed by atoms with van der Waals surface area (Å²) in [6.07, 6.45) is 0. The summed E-state index contributed by atoms with van der Waals surface area (Å²) in [5.74, 6) is -0.537. The fourth-order valence-electron chi connectivity index (χ4n) is 1.65. The molecule has 0 saturated carbocycles. The third kappa shape index (κ3) is 4.32. The monoisotopic (exact) mass is 321 g/mol. The van der Waals surface area contributed by atoms with Crippen LogP contribution < -0.4 is 16.8 Å². The quantitative estimate of drug-likeness (QED) is 0.708. The molecule has 1 atom stereocenters. The Labute approximate surface area is 130 Å². The standard InChI is InChI=1S/C14H15N3O2S2/c15-12(18)8-21-10-5-2-1-4-9(10)17-14(19)13(16)11-6-3-7-20-11/h1-7,13H,8,16H2,(H2,15,18)(H,17,19). The molecule has 0 radical (unpaired) electrons. The van der Waals surface area contributed by atoms with Crippen molar-refractivity contribution in [3.63, 3.8) is 0 Å². The minimum absolute atomic E-state index is 0.157. The maximum atomic E-state index is 12.2. The number of carbonyl (C=O) groups is 2. The van der Waals surface area contributed by atoms with E-state index in [2.05, 4.69) is 5.32 Å². The summed E-state index contributed by atoms with van der Waals surface area (Å²) in [4.78, 5) is 24.6. The Bertz CT molecular complexity index is 629. The van der Waals surface area contributed by atoms with E-state index >= 15 is 0 Å². The number of para-hydroxylation sites is 1. The summed E-state index contributed by atoms with van der Waals surface area (Å²) < 4.78 is 0. The molecule has 0 aliphatic carbocycles. The molecule has 0 spiro atoms. The van der Waals surface area contributed by atoms with Crippen LogP contribution in [0.25, 0.3) is 0 Å². The van der Waals surface area contributed by atoms with Gasteiger partial charge >= 0.3 is 0 Å². The van der Waals surface area contributed by atoms with Crippen LogP contribution >= 0.6 is 23.1 Å². The fourth-order valence-corrected chi connectivity index (χ4v) is 3.12. The van der Waals surface area contributed by atoms with Crippen molar-refractivity contribution in [1.29, 1.82) is 0 Å². The molecule has 1 unspecified atom stereocenters. The first-order chi connectivity index (χ1) is 10.1. The second kappa shape index (κ2) is 7.26. The lowest BCUT2D eigenvalue weighted by molar-refractivity contribution is -0.117. The molecule has 0 aliphatic heterocycles. The first-order valence-corrected chi connectivity index (χ1v) is 8.04. The van der Waals surface area contributed by atoms with Gasteiger partial charge in [-0.05, 0) is 23.6 Å². The highest BCUT2D eigenvalue weighted by atomic mass is 32.2. The summed E-state index contributed by atoms with van der Waals surface area (Å²) in [6, 6.07) is 10.2. The largest absolute Gasteiger partial charge is 0.369 e. The van der Waals surface area contributed by atoms with E-state index < -0.39 is 11.9 Å². The Morgan fingerprint density at radius 3 is 2.67 bits per heavy atom. The molecular weight excluding hydrogens is 306 g/mol. The summed E-state index contributed by atoms with van der Waals surface area (Å²) in [5, 5.41) is 4.67. The van der Waals surface area contributed by atoms with Crippen molar-refractivity contribution in [2.45, 2.75) is 10.9 Å². The second-order valence-electron chi connectivity index (χ2n) is 4.23. The van der Waals surface area contributed by atoms with Crippen molar-refractivity contribution in [1.82, 2.24) is 0 Å². The van der Waals surface area contributed by atoms with E-state index in [4.69, 9.17) is 11.5 Å². The molecule has 1 heterocycles. The minimum atomic E-state index is -0.709. The van der Waals surface area contributed by atoms with Gasteiger partial charge in [0, 0.05) is 9.77 Å². The SMILES string of the molecule is NC(=O)CSc1ccccc1NC(=O)C(N)c1cccs1. The van der Waals surface area contributed by atoms with Crippen LogP contribution in [0.4, 0.5) is 5.69 Å². The number of amides is 2. The third-order valence-electron chi connectivity index (χ3n) is 2.65. The predicted octanol–water partition coefficient (Wildman–Crippen LogP) is 1.96. The maximum Gasteiger partial charge on any atom is 0.246 e. The molecular formula is C14H15N3O2S2. The van der Waals surface area contributed by atoms with E-state index in [1.54, 1.807) is 12.1 Å². The number of nitrogens with one attached hydrogen (secondary N) is 1. The van der Waals surface area contributed by atoms with E-state index in [0.717, 1.165) is 9.77 Å². The predicted molar refractivity (Wildman–Crippen MR) is 86.2 cm³/mol. The molecule has 0 aliphatic rings. The van der Waals surface area contributed by atoms with Gasteiger partial charge in [0.1, 0.15) is 6.04 Å². The van der Waals surface area contributed by atoms with Gasteiger partial charge in [0.25, 0.3) is 0 Å². The molecule has 110 valence electrons. The zero-order chi connectivity index (χ0) is 15.2. The lowest BCUT2D eigenvalue weighted by Crippen LogP contribution is -2.27. The molecule has 2 aromatic rings. The lowest BCUT2D eigenvalue weighted by Gasteiger charge is -2.13. The zero-order valence-electron chi connectivity index (χ0n) is 11.1. The van der Waals surface area contributed by atoms with Gasteiger partial charge in [-0.25, -0.2) is 0 Å². The zero-order valence-corrected chi connectivity index (χ0v) is 12.7. The van der Waals surface area contributed by atoms with Gasteiger partial charge < -0.3 is 16.8 Å². The average molecular weight is 321 g/mol. The highest BCUT2D eigenvalue weighted by Gasteiger charge is 2.18. The van der Waals surface area contributed by atoms with Gasteiger partial charge in [0.2, 0.25) is 11.8 Å². The van der Waals surface area contributed by atoms with Crippen molar-refractivity contribution >= 4 is 40.6 Å². The molecule has 0 fully saturated rings. The van der Waals surface area contributed by atoms with Gasteiger partial charge in [-0.2, -0.15) is 0 Å². The Kier molecular flexibility index (Phi) is 5.38. The second-order valence-corrected chi connectivity index (χ2v) is 6.23. The Balaban J connectivity index is 2.08. The van der Waals surface area contributed by atoms with Crippen molar-refractivity contribution in [3.05, 3.63) is 46.7 Å². The van der Waals surface area contributed by atoms with Gasteiger partial charge in [0.05, 0.1) is 11.4 Å². The number of carbonyl (C=O) groups excluding carboxylic acids is 2. The summed E-state index contributed by atoms with van der Waals surface area (Å²) in [7, 11) is 0. The topological polar surface area (TPSA) is 98.2 Å². The normalized spacial score (nSPS) is 11.9. The van der Waals surface area contributed by atoms with Crippen LogP contribution in [0.3, 0.4) is 0 Å². The smallest absolute Gasteiger partial charge is 0.246 e. The fraction of sp³-hybridized carbons (Fsp3) is 0.143. The number of nitrogens with two attached hydrogens (primary N) is 2. The summed E-state index contributed by atoms with van der Waals surface area (Å²) >= 11 is 2.71. The molecule has 7 heteroatoms. The molecule has 1 aromatic heterocycles. The molecule has 0 bridgehead atoms. The Morgan fingerprint density at radius 1 is 1.24 bits per heavy atom. The van der Waals surface area contributed by atoms with Crippen LogP contribution in [0.1, 0.15) is 10.9 Å². The summed E-state index contributed by atoms with van der Waals surface area (Å²) in [5.41, 5.74) is 11.7. The average Bonchev–Trinajstić information content (AvgIpc) is 2.99. The number of thiophene rings is 1. The van der Waals surface area contributed by atoms with E-state index in [1.165, 1.54) is 23.1 Å². The van der Waals surface area contributed by atoms with Crippen LogP contribution in [0.5, 0.6) is 0 Å². The van der Waals surface area contributed by atoms with Gasteiger partial charge in [-0.3, -0.25) is 9.59 Å². The molecule has 5 nitrogen and oxygen atoms in total. The van der Waals surface area contributed by atoms with E-state index in [-0.39, 0.29) is 11.7 Å². The Hall–Kier alpha value is -1.83. The molecule has 21 heavy (non-hydrogen) atoms. The molecule has 5 N–H and O–H groups in total.